The van der Waals surface area contributed by atoms with Gasteiger partial charge < -0.3 is 0 Å². The SMILES string of the molecule is O=[N+]([O-])c1ccc(Cl)c(C(F)C(F)F)c1. The maximum atomic E-state index is 12.9. The molecule has 0 saturated carbocycles. The second-order valence-corrected chi connectivity index (χ2v) is 3.11. The fourth-order valence-corrected chi connectivity index (χ4v) is 1.21. The number of rotatable bonds is 3. The molecule has 0 aliphatic rings. The quantitative estimate of drug-likeness (QED) is 0.598. The first-order chi connectivity index (χ1) is 6.93. The summed E-state index contributed by atoms with van der Waals surface area (Å²) in [5.41, 5.74) is -1.04. The van der Waals surface area contributed by atoms with Crippen molar-refractivity contribution in [2.45, 2.75) is 12.6 Å². The van der Waals surface area contributed by atoms with Crippen molar-refractivity contribution in [3.05, 3.63) is 38.9 Å². The Balaban J connectivity index is 3.16. The molecule has 82 valence electrons. The largest absolute Gasteiger partial charge is 0.273 e. The van der Waals surface area contributed by atoms with Crippen molar-refractivity contribution in [1.82, 2.24) is 0 Å². The van der Waals surface area contributed by atoms with Crippen molar-refractivity contribution >= 4 is 17.3 Å². The highest BCUT2D eigenvalue weighted by atomic mass is 35.5. The monoisotopic (exact) mass is 239 g/mol. The molecule has 0 bridgehead atoms. The van der Waals surface area contributed by atoms with E-state index in [9.17, 15) is 23.3 Å². The lowest BCUT2D eigenvalue weighted by Crippen LogP contribution is -2.04. The van der Waals surface area contributed by atoms with Crippen LogP contribution in [0, 0.1) is 10.1 Å². The highest BCUT2D eigenvalue weighted by Crippen LogP contribution is 2.33. The van der Waals surface area contributed by atoms with Crippen LogP contribution in [0.5, 0.6) is 0 Å². The fourth-order valence-electron chi connectivity index (χ4n) is 0.992. The van der Waals surface area contributed by atoms with Gasteiger partial charge in [0.25, 0.3) is 12.1 Å². The molecular weight excluding hydrogens is 235 g/mol. The van der Waals surface area contributed by atoms with E-state index in [1.54, 1.807) is 0 Å². The number of hydrogen-bond donors (Lipinski definition) is 0. The van der Waals surface area contributed by atoms with E-state index in [1.807, 2.05) is 0 Å². The summed E-state index contributed by atoms with van der Waals surface area (Å²) in [4.78, 5) is 9.50. The van der Waals surface area contributed by atoms with Crippen molar-refractivity contribution in [3.8, 4) is 0 Å². The Morgan fingerprint density at radius 2 is 1.93 bits per heavy atom. The molecule has 7 heteroatoms. The average Bonchev–Trinajstić information content (AvgIpc) is 2.16. The van der Waals surface area contributed by atoms with E-state index in [4.69, 9.17) is 11.6 Å². The summed E-state index contributed by atoms with van der Waals surface area (Å²) in [5.74, 6) is 0. The van der Waals surface area contributed by atoms with Crippen LogP contribution in [0.4, 0.5) is 18.9 Å². The molecule has 0 heterocycles. The normalized spacial score (nSPS) is 12.9. The number of nitrogens with zero attached hydrogens (tertiary/aromatic N) is 1. The summed E-state index contributed by atoms with van der Waals surface area (Å²) in [6, 6.07) is 2.74. The van der Waals surface area contributed by atoms with E-state index in [0.29, 0.717) is 6.07 Å². The molecule has 1 rings (SSSR count). The van der Waals surface area contributed by atoms with Crippen LogP contribution in [0.2, 0.25) is 5.02 Å². The molecule has 0 aliphatic heterocycles. The highest BCUT2D eigenvalue weighted by Gasteiger charge is 2.25. The standard InChI is InChI=1S/C8H5ClF3NO2/c9-6-2-1-4(13(14)15)3-5(6)7(10)8(11)12/h1-3,7-8H. The zero-order chi connectivity index (χ0) is 11.6. The number of alkyl halides is 3. The summed E-state index contributed by atoms with van der Waals surface area (Å²) in [6.07, 6.45) is -5.87. The minimum atomic E-state index is -3.26. The van der Waals surface area contributed by atoms with Crippen LogP contribution in [-0.4, -0.2) is 11.3 Å². The van der Waals surface area contributed by atoms with Crippen LogP contribution < -0.4 is 0 Å². The molecule has 3 nitrogen and oxygen atoms in total. The number of benzene rings is 1. The third kappa shape index (κ3) is 2.59. The van der Waals surface area contributed by atoms with E-state index in [0.717, 1.165) is 12.1 Å². The summed E-state index contributed by atoms with van der Waals surface area (Å²) in [5, 5.41) is 10.1. The van der Waals surface area contributed by atoms with Gasteiger partial charge in [-0.1, -0.05) is 11.6 Å². The Morgan fingerprint density at radius 1 is 1.33 bits per heavy atom. The average molecular weight is 240 g/mol. The molecular formula is C8H5ClF3NO2. The molecule has 0 fully saturated rings. The smallest absolute Gasteiger partial charge is 0.258 e. The van der Waals surface area contributed by atoms with Crippen LogP contribution >= 0.6 is 11.6 Å². The van der Waals surface area contributed by atoms with Crippen molar-refractivity contribution in [2.24, 2.45) is 0 Å². The van der Waals surface area contributed by atoms with Crippen LogP contribution in [-0.2, 0) is 0 Å². The third-order valence-corrected chi connectivity index (χ3v) is 2.05. The lowest BCUT2D eigenvalue weighted by molar-refractivity contribution is -0.385. The van der Waals surface area contributed by atoms with Crippen LogP contribution in [0.3, 0.4) is 0 Å². The van der Waals surface area contributed by atoms with Crippen molar-refractivity contribution < 1.29 is 18.1 Å². The van der Waals surface area contributed by atoms with E-state index in [-0.39, 0.29) is 5.02 Å². The molecule has 0 amide bonds. The fraction of sp³-hybridized carbons (Fsp3) is 0.250. The third-order valence-electron chi connectivity index (χ3n) is 1.71. The molecule has 1 aromatic rings. The van der Waals surface area contributed by atoms with E-state index in [2.05, 4.69) is 0 Å². The van der Waals surface area contributed by atoms with Gasteiger partial charge in [-0.2, -0.15) is 0 Å². The molecule has 0 spiro atoms. The Labute approximate surface area is 87.6 Å². The number of nitro benzene ring substituents is 1. The lowest BCUT2D eigenvalue weighted by Gasteiger charge is -2.08. The summed E-state index contributed by atoms with van der Waals surface area (Å²) in [6.45, 7) is 0. The predicted octanol–water partition coefficient (Wildman–Crippen LogP) is 3.52. The first-order valence-corrected chi connectivity index (χ1v) is 4.17. The lowest BCUT2D eigenvalue weighted by atomic mass is 10.1. The molecule has 0 N–H and O–H groups in total. The summed E-state index contributed by atoms with van der Waals surface area (Å²) in [7, 11) is 0. The van der Waals surface area contributed by atoms with E-state index >= 15 is 0 Å². The van der Waals surface area contributed by atoms with Gasteiger partial charge in [-0.15, -0.1) is 0 Å². The number of nitro groups is 1. The van der Waals surface area contributed by atoms with Crippen LogP contribution in [0.25, 0.3) is 0 Å². The molecule has 1 atom stereocenters. The Bertz CT molecular complexity index is 386. The molecule has 0 radical (unpaired) electrons. The molecule has 15 heavy (non-hydrogen) atoms. The van der Waals surface area contributed by atoms with Gasteiger partial charge >= 0.3 is 0 Å². The van der Waals surface area contributed by atoms with Crippen molar-refractivity contribution in [3.63, 3.8) is 0 Å². The Hall–Kier alpha value is -1.30. The maximum Gasteiger partial charge on any atom is 0.273 e. The number of hydrogen-bond acceptors (Lipinski definition) is 2. The second-order valence-electron chi connectivity index (χ2n) is 2.70. The van der Waals surface area contributed by atoms with Gasteiger partial charge in [0.15, 0.2) is 6.17 Å². The van der Waals surface area contributed by atoms with Crippen molar-refractivity contribution in [2.75, 3.05) is 0 Å². The summed E-state index contributed by atoms with van der Waals surface area (Å²) < 4.78 is 37.0. The van der Waals surface area contributed by atoms with Gasteiger partial charge in [-0.05, 0) is 6.07 Å². The molecule has 0 aliphatic carbocycles. The number of halogens is 4. The van der Waals surface area contributed by atoms with Gasteiger partial charge in [0.05, 0.1) is 4.92 Å². The van der Waals surface area contributed by atoms with E-state index < -0.39 is 28.8 Å². The van der Waals surface area contributed by atoms with E-state index in [1.165, 1.54) is 0 Å². The van der Waals surface area contributed by atoms with Gasteiger partial charge in [0, 0.05) is 22.7 Å². The predicted molar refractivity (Wildman–Crippen MR) is 48.0 cm³/mol. The minimum Gasteiger partial charge on any atom is -0.258 e. The molecule has 1 aromatic carbocycles. The van der Waals surface area contributed by atoms with Gasteiger partial charge in [0.1, 0.15) is 0 Å². The van der Waals surface area contributed by atoms with Gasteiger partial charge in [-0.3, -0.25) is 10.1 Å². The first kappa shape index (κ1) is 11.8. The zero-order valence-corrected chi connectivity index (χ0v) is 7.92. The Kier molecular flexibility index (Phi) is 3.52. The molecule has 1 unspecified atom stereocenters. The number of non-ortho nitro benzene ring substituents is 1. The zero-order valence-electron chi connectivity index (χ0n) is 7.16. The first-order valence-electron chi connectivity index (χ1n) is 3.79. The topological polar surface area (TPSA) is 43.1 Å². The molecule has 0 aromatic heterocycles. The minimum absolute atomic E-state index is 0.256. The maximum absolute atomic E-state index is 12.9. The van der Waals surface area contributed by atoms with Gasteiger partial charge in [-0.25, -0.2) is 13.2 Å². The highest BCUT2D eigenvalue weighted by molar-refractivity contribution is 6.31. The van der Waals surface area contributed by atoms with Crippen LogP contribution in [0.1, 0.15) is 11.7 Å². The second kappa shape index (κ2) is 4.48. The Morgan fingerprint density at radius 3 is 2.40 bits per heavy atom. The van der Waals surface area contributed by atoms with Crippen LogP contribution in [0.15, 0.2) is 18.2 Å². The molecule has 0 saturated heterocycles. The summed E-state index contributed by atoms with van der Waals surface area (Å²) >= 11 is 5.44. The van der Waals surface area contributed by atoms with Crippen molar-refractivity contribution in [1.29, 1.82) is 0 Å². The van der Waals surface area contributed by atoms with Gasteiger partial charge in [0.2, 0.25) is 0 Å².